The minimum atomic E-state index is -0.245. The van der Waals surface area contributed by atoms with Crippen molar-refractivity contribution in [3.8, 4) is 0 Å². The van der Waals surface area contributed by atoms with Gasteiger partial charge < -0.3 is 5.32 Å². The van der Waals surface area contributed by atoms with Gasteiger partial charge >= 0.3 is 0 Å². The Balaban J connectivity index is 2.29. The average Bonchev–Trinajstić information content (AvgIpc) is 2.78. The maximum absolute atomic E-state index is 12.3. The summed E-state index contributed by atoms with van der Waals surface area (Å²) in [7, 11) is 1.70. The van der Waals surface area contributed by atoms with E-state index in [2.05, 4.69) is 24.3 Å². The lowest BCUT2D eigenvalue weighted by Crippen LogP contribution is -2.18. The standard InChI is InChI=1S/C15H18ClN3O/c1-4-10(2)11-7-5-6-8-13(11)18-15(20)14-12(16)9-17-19(14)3/h5-10H,4H2,1-3H3,(H,18,20). The first-order valence-electron chi connectivity index (χ1n) is 6.62. The van der Waals surface area contributed by atoms with Gasteiger partial charge in [0, 0.05) is 12.7 Å². The predicted molar refractivity (Wildman–Crippen MR) is 81.3 cm³/mol. The van der Waals surface area contributed by atoms with Gasteiger partial charge in [0.05, 0.1) is 11.2 Å². The highest BCUT2D eigenvalue weighted by Crippen LogP contribution is 2.27. The van der Waals surface area contributed by atoms with Crippen LogP contribution in [0.3, 0.4) is 0 Å². The molecule has 4 nitrogen and oxygen atoms in total. The molecule has 0 radical (unpaired) electrons. The van der Waals surface area contributed by atoms with Crippen LogP contribution in [0.2, 0.25) is 5.02 Å². The Hall–Kier alpha value is -1.81. The van der Waals surface area contributed by atoms with E-state index in [0.29, 0.717) is 16.6 Å². The van der Waals surface area contributed by atoms with Gasteiger partial charge in [-0.1, -0.05) is 43.6 Å². The van der Waals surface area contributed by atoms with E-state index in [1.54, 1.807) is 7.05 Å². The Morgan fingerprint density at radius 3 is 2.75 bits per heavy atom. The van der Waals surface area contributed by atoms with Gasteiger partial charge in [0.25, 0.3) is 5.91 Å². The SMILES string of the molecule is CCC(C)c1ccccc1NC(=O)c1c(Cl)cnn1C. The molecule has 0 saturated heterocycles. The molecule has 1 heterocycles. The minimum absolute atomic E-state index is 0.245. The summed E-state index contributed by atoms with van der Waals surface area (Å²) in [6.45, 7) is 4.27. The van der Waals surface area contributed by atoms with Crippen molar-refractivity contribution in [2.45, 2.75) is 26.2 Å². The van der Waals surface area contributed by atoms with E-state index in [9.17, 15) is 4.79 Å². The highest BCUT2D eigenvalue weighted by Gasteiger charge is 2.17. The summed E-state index contributed by atoms with van der Waals surface area (Å²) in [5, 5.41) is 7.25. The summed E-state index contributed by atoms with van der Waals surface area (Å²) in [6, 6.07) is 7.83. The lowest BCUT2D eigenvalue weighted by molar-refractivity contribution is 0.101. The van der Waals surface area contributed by atoms with E-state index in [0.717, 1.165) is 17.7 Å². The fraction of sp³-hybridized carbons (Fsp3) is 0.333. The molecule has 1 unspecified atom stereocenters. The maximum Gasteiger partial charge on any atom is 0.275 e. The predicted octanol–water partition coefficient (Wildman–Crippen LogP) is 3.84. The lowest BCUT2D eigenvalue weighted by Gasteiger charge is -2.15. The number of hydrogen-bond donors (Lipinski definition) is 1. The van der Waals surface area contributed by atoms with Crippen LogP contribution < -0.4 is 5.32 Å². The molecule has 106 valence electrons. The quantitative estimate of drug-likeness (QED) is 0.930. The average molecular weight is 292 g/mol. The van der Waals surface area contributed by atoms with E-state index in [-0.39, 0.29) is 5.91 Å². The molecule has 1 aromatic heterocycles. The van der Waals surface area contributed by atoms with Gasteiger partial charge in [0.15, 0.2) is 0 Å². The molecule has 0 aliphatic heterocycles. The zero-order valence-corrected chi connectivity index (χ0v) is 12.6. The van der Waals surface area contributed by atoms with Crippen LogP contribution in [0.4, 0.5) is 5.69 Å². The number of hydrogen-bond acceptors (Lipinski definition) is 2. The zero-order valence-electron chi connectivity index (χ0n) is 11.9. The minimum Gasteiger partial charge on any atom is -0.320 e. The molecule has 0 aliphatic rings. The van der Waals surface area contributed by atoms with Gasteiger partial charge in [0.1, 0.15) is 5.69 Å². The molecule has 20 heavy (non-hydrogen) atoms. The molecular formula is C15H18ClN3O. The summed E-state index contributed by atoms with van der Waals surface area (Å²) in [5.74, 6) is 0.138. The second-order valence-electron chi connectivity index (χ2n) is 4.82. The van der Waals surface area contributed by atoms with Crippen LogP contribution in [0.15, 0.2) is 30.5 Å². The molecule has 0 aliphatic carbocycles. The molecule has 0 spiro atoms. The number of aromatic nitrogens is 2. The Morgan fingerprint density at radius 2 is 2.15 bits per heavy atom. The fourth-order valence-corrected chi connectivity index (χ4v) is 2.36. The van der Waals surface area contributed by atoms with Gasteiger partial charge in [-0.15, -0.1) is 0 Å². The number of nitrogens with one attached hydrogen (secondary N) is 1. The molecule has 2 aromatic rings. The van der Waals surface area contributed by atoms with Gasteiger partial charge in [-0.25, -0.2) is 0 Å². The van der Waals surface area contributed by atoms with E-state index in [4.69, 9.17) is 11.6 Å². The highest BCUT2D eigenvalue weighted by atomic mass is 35.5. The van der Waals surface area contributed by atoms with Gasteiger partial charge in [-0.2, -0.15) is 5.10 Å². The van der Waals surface area contributed by atoms with Crippen molar-refractivity contribution in [3.05, 3.63) is 46.7 Å². The van der Waals surface area contributed by atoms with Crippen LogP contribution >= 0.6 is 11.6 Å². The molecule has 1 atom stereocenters. The molecule has 1 N–H and O–H groups in total. The Labute approximate surface area is 123 Å². The van der Waals surface area contributed by atoms with Crippen molar-refractivity contribution in [3.63, 3.8) is 0 Å². The largest absolute Gasteiger partial charge is 0.320 e. The third kappa shape index (κ3) is 2.85. The number of halogens is 1. The fourth-order valence-electron chi connectivity index (χ4n) is 2.11. The number of aryl methyl sites for hydroxylation is 1. The van der Waals surface area contributed by atoms with Crippen LogP contribution in [-0.2, 0) is 7.05 Å². The number of carbonyl (C=O) groups excluding carboxylic acids is 1. The van der Waals surface area contributed by atoms with Crippen molar-refractivity contribution in [2.75, 3.05) is 5.32 Å². The molecule has 2 rings (SSSR count). The smallest absolute Gasteiger partial charge is 0.275 e. The highest BCUT2D eigenvalue weighted by molar-refractivity contribution is 6.34. The summed E-state index contributed by atoms with van der Waals surface area (Å²) >= 11 is 5.99. The van der Waals surface area contributed by atoms with E-state index < -0.39 is 0 Å². The zero-order chi connectivity index (χ0) is 14.7. The summed E-state index contributed by atoms with van der Waals surface area (Å²) in [4.78, 5) is 12.3. The summed E-state index contributed by atoms with van der Waals surface area (Å²) in [5.41, 5.74) is 2.32. The van der Waals surface area contributed by atoms with Crippen molar-refractivity contribution in [2.24, 2.45) is 7.05 Å². The molecule has 5 heteroatoms. The monoisotopic (exact) mass is 291 g/mol. The maximum atomic E-state index is 12.3. The van der Waals surface area contributed by atoms with Crippen LogP contribution in [0.5, 0.6) is 0 Å². The Bertz CT molecular complexity index is 602. The van der Waals surface area contributed by atoms with Crippen LogP contribution in [0, 0.1) is 0 Å². The number of amides is 1. The molecule has 0 fully saturated rings. The summed E-state index contributed by atoms with van der Waals surface area (Å²) in [6.07, 6.45) is 2.48. The van der Waals surface area contributed by atoms with Gasteiger partial charge in [0.2, 0.25) is 0 Å². The van der Waals surface area contributed by atoms with E-state index in [1.165, 1.54) is 10.9 Å². The first-order chi connectivity index (χ1) is 9.54. The van der Waals surface area contributed by atoms with Gasteiger partial charge in [-0.05, 0) is 24.0 Å². The number of benzene rings is 1. The van der Waals surface area contributed by atoms with Crippen molar-refractivity contribution in [1.82, 2.24) is 9.78 Å². The van der Waals surface area contributed by atoms with Crippen molar-refractivity contribution >= 4 is 23.2 Å². The summed E-state index contributed by atoms with van der Waals surface area (Å²) < 4.78 is 1.48. The first kappa shape index (κ1) is 14.6. The van der Waals surface area contributed by atoms with E-state index >= 15 is 0 Å². The third-order valence-corrected chi connectivity index (χ3v) is 3.74. The lowest BCUT2D eigenvalue weighted by atomic mass is 9.97. The van der Waals surface area contributed by atoms with Crippen LogP contribution in [0.25, 0.3) is 0 Å². The third-order valence-electron chi connectivity index (χ3n) is 3.46. The molecular weight excluding hydrogens is 274 g/mol. The molecule has 0 saturated carbocycles. The normalized spacial score (nSPS) is 12.2. The van der Waals surface area contributed by atoms with Crippen molar-refractivity contribution in [1.29, 1.82) is 0 Å². The number of rotatable bonds is 4. The molecule has 1 amide bonds. The number of para-hydroxylation sites is 1. The number of carbonyl (C=O) groups is 1. The molecule has 0 bridgehead atoms. The number of nitrogens with zero attached hydrogens (tertiary/aromatic N) is 2. The second kappa shape index (κ2) is 6.09. The van der Waals surface area contributed by atoms with Gasteiger partial charge in [-0.3, -0.25) is 9.48 Å². The van der Waals surface area contributed by atoms with Crippen LogP contribution in [-0.4, -0.2) is 15.7 Å². The Kier molecular flexibility index (Phi) is 4.45. The first-order valence-corrected chi connectivity index (χ1v) is 7.00. The van der Waals surface area contributed by atoms with E-state index in [1.807, 2.05) is 24.3 Å². The Morgan fingerprint density at radius 1 is 1.45 bits per heavy atom. The number of anilines is 1. The second-order valence-corrected chi connectivity index (χ2v) is 5.22. The molecule has 1 aromatic carbocycles. The van der Waals surface area contributed by atoms with Crippen LogP contribution in [0.1, 0.15) is 42.2 Å². The topological polar surface area (TPSA) is 46.9 Å². The van der Waals surface area contributed by atoms with Crippen molar-refractivity contribution < 1.29 is 4.79 Å².